The summed E-state index contributed by atoms with van der Waals surface area (Å²) in [5.74, 6) is -0.119. The van der Waals surface area contributed by atoms with Crippen molar-refractivity contribution in [2.45, 2.75) is 24.8 Å². The third kappa shape index (κ3) is 3.63. The van der Waals surface area contributed by atoms with Crippen molar-refractivity contribution in [3.63, 3.8) is 0 Å². The van der Waals surface area contributed by atoms with Gasteiger partial charge in [-0.1, -0.05) is 23.4 Å². The highest BCUT2D eigenvalue weighted by Crippen LogP contribution is 2.34. The van der Waals surface area contributed by atoms with E-state index in [1.54, 1.807) is 25.1 Å². The van der Waals surface area contributed by atoms with Gasteiger partial charge in [0.05, 0.1) is 23.4 Å². The van der Waals surface area contributed by atoms with Crippen molar-refractivity contribution in [2.75, 3.05) is 18.0 Å². The Labute approximate surface area is 174 Å². The van der Waals surface area contributed by atoms with E-state index in [4.69, 9.17) is 14.0 Å². The molecule has 1 aliphatic heterocycles. The minimum atomic E-state index is -3.86. The number of ether oxygens (including phenoxy) is 2. The predicted octanol–water partition coefficient (Wildman–Crippen LogP) is 3.10. The van der Waals surface area contributed by atoms with Crippen LogP contribution in [0.4, 0.5) is 5.69 Å². The van der Waals surface area contributed by atoms with Gasteiger partial charge in [0.25, 0.3) is 10.0 Å². The van der Waals surface area contributed by atoms with Crippen LogP contribution in [0.1, 0.15) is 27.4 Å². The van der Waals surface area contributed by atoms with Gasteiger partial charge in [-0.2, -0.15) is 0 Å². The maximum Gasteiger partial charge on any atom is 0.342 e. The SMILES string of the molecule is COc1ccc(S(=O)(=O)N2CCc3ccccc32)cc1C(=O)OCc1cc(C)no1. The Morgan fingerprint density at radius 1 is 1.20 bits per heavy atom. The normalized spacial score (nSPS) is 13.2. The van der Waals surface area contributed by atoms with Crippen LogP contribution in [0.3, 0.4) is 0 Å². The summed E-state index contributed by atoms with van der Waals surface area (Å²) in [7, 11) is -2.46. The van der Waals surface area contributed by atoms with Gasteiger partial charge in [-0.15, -0.1) is 0 Å². The Morgan fingerprint density at radius 3 is 2.73 bits per heavy atom. The Bertz CT molecular complexity index is 1200. The molecule has 0 bridgehead atoms. The van der Waals surface area contributed by atoms with E-state index in [1.165, 1.54) is 29.6 Å². The molecule has 156 valence electrons. The fraction of sp³-hybridized carbons (Fsp3) is 0.238. The van der Waals surface area contributed by atoms with Crippen molar-refractivity contribution >= 4 is 21.7 Å². The molecule has 0 unspecified atom stereocenters. The Balaban J connectivity index is 1.63. The molecule has 0 amide bonds. The number of aromatic nitrogens is 1. The Kier molecular flexibility index (Phi) is 5.21. The van der Waals surface area contributed by atoms with Crippen LogP contribution < -0.4 is 9.04 Å². The molecule has 30 heavy (non-hydrogen) atoms. The van der Waals surface area contributed by atoms with Gasteiger partial charge in [-0.05, 0) is 43.2 Å². The number of carbonyl (C=O) groups excluding carboxylic acids is 1. The van der Waals surface area contributed by atoms with Crippen LogP contribution in [0.25, 0.3) is 0 Å². The van der Waals surface area contributed by atoms with Crippen LogP contribution in [0.5, 0.6) is 5.75 Å². The standard InChI is InChI=1S/C21H20N2O6S/c1-14-11-16(29-22-14)13-28-21(24)18-12-17(7-8-20(18)27-2)30(25,26)23-10-9-15-5-3-4-6-19(15)23/h3-8,11-12H,9-10,13H2,1-2H3. The zero-order chi connectivity index (χ0) is 21.3. The summed E-state index contributed by atoms with van der Waals surface area (Å²) < 4.78 is 43.4. The van der Waals surface area contributed by atoms with Gasteiger partial charge in [0.2, 0.25) is 0 Å². The summed E-state index contributed by atoms with van der Waals surface area (Å²) in [4.78, 5) is 12.6. The molecule has 4 rings (SSSR count). The number of carbonyl (C=O) groups is 1. The highest BCUT2D eigenvalue weighted by atomic mass is 32.2. The van der Waals surface area contributed by atoms with E-state index in [-0.39, 0.29) is 22.8 Å². The van der Waals surface area contributed by atoms with Crippen LogP contribution in [0, 0.1) is 6.92 Å². The van der Waals surface area contributed by atoms with Crippen molar-refractivity contribution in [2.24, 2.45) is 0 Å². The van der Waals surface area contributed by atoms with Crippen LogP contribution in [0.15, 0.2) is 57.9 Å². The number of sulfonamides is 1. The first-order valence-corrected chi connectivity index (χ1v) is 10.7. The quantitative estimate of drug-likeness (QED) is 0.556. The minimum Gasteiger partial charge on any atom is -0.496 e. The molecule has 1 aliphatic rings. The summed E-state index contributed by atoms with van der Waals surface area (Å²) in [6, 6.07) is 13.2. The fourth-order valence-corrected chi connectivity index (χ4v) is 4.92. The molecule has 0 spiro atoms. The smallest absolute Gasteiger partial charge is 0.342 e. The van der Waals surface area contributed by atoms with E-state index in [9.17, 15) is 13.2 Å². The number of nitrogens with zero attached hydrogens (tertiary/aromatic N) is 2. The number of esters is 1. The third-order valence-corrected chi connectivity index (χ3v) is 6.65. The van der Waals surface area contributed by atoms with E-state index in [1.807, 2.05) is 12.1 Å². The molecule has 0 N–H and O–H groups in total. The van der Waals surface area contributed by atoms with Gasteiger partial charge in [-0.3, -0.25) is 4.31 Å². The monoisotopic (exact) mass is 428 g/mol. The largest absolute Gasteiger partial charge is 0.496 e. The number of hydrogen-bond donors (Lipinski definition) is 0. The van der Waals surface area contributed by atoms with Crippen molar-refractivity contribution in [3.05, 3.63) is 71.1 Å². The average Bonchev–Trinajstić information content (AvgIpc) is 3.37. The first-order chi connectivity index (χ1) is 14.4. The molecule has 0 saturated heterocycles. The van der Waals surface area contributed by atoms with Crippen LogP contribution in [-0.4, -0.2) is 33.2 Å². The second kappa shape index (κ2) is 7.83. The maximum absolute atomic E-state index is 13.3. The molecule has 0 atom stereocenters. The topological polar surface area (TPSA) is 98.9 Å². The van der Waals surface area contributed by atoms with E-state index in [2.05, 4.69) is 5.16 Å². The first-order valence-electron chi connectivity index (χ1n) is 9.28. The molecule has 8 nitrogen and oxygen atoms in total. The van der Waals surface area contributed by atoms with Crippen LogP contribution in [-0.2, 0) is 27.8 Å². The van der Waals surface area contributed by atoms with Crippen molar-refractivity contribution in [1.82, 2.24) is 5.16 Å². The molecule has 0 fully saturated rings. The number of hydrogen-bond acceptors (Lipinski definition) is 7. The molecule has 9 heteroatoms. The zero-order valence-electron chi connectivity index (χ0n) is 16.5. The maximum atomic E-state index is 13.3. The van der Waals surface area contributed by atoms with E-state index in [0.717, 1.165) is 5.56 Å². The van der Waals surface area contributed by atoms with Gasteiger partial charge < -0.3 is 14.0 Å². The Morgan fingerprint density at radius 2 is 2.00 bits per heavy atom. The number of aryl methyl sites for hydroxylation is 1. The summed E-state index contributed by atoms with van der Waals surface area (Å²) in [5, 5.41) is 3.73. The lowest BCUT2D eigenvalue weighted by Crippen LogP contribution is -2.29. The number of benzene rings is 2. The Hall–Kier alpha value is -3.33. The number of rotatable bonds is 6. The van der Waals surface area contributed by atoms with Crippen molar-refractivity contribution < 1.29 is 27.2 Å². The van der Waals surface area contributed by atoms with Gasteiger partial charge in [-0.25, -0.2) is 13.2 Å². The molecular weight excluding hydrogens is 408 g/mol. The lowest BCUT2D eigenvalue weighted by atomic mass is 10.2. The van der Waals surface area contributed by atoms with Crippen LogP contribution >= 0.6 is 0 Å². The fourth-order valence-electron chi connectivity index (χ4n) is 3.39. The summed E-state index contributed by atoms with van der Waals surface area (Å²) in [5.41, 5.74) is 2.30. The van der Waals surface area contributed by atoms with Gasteiger partial charge in [0.15, 0.2) is 12.4 Å². The lowest BCUT2D eigenvalue weighted by molar-refractivity contribution is 0.0433. The highest BCUT2D eigenvalue weighted by Gasteiger charge is 2.31. The summed E-state index contributed by atoms with van der Waals surface area (Å²) >= 11 is 0. The molecule has 0 radical (unpaired) electrons. The van der Waals surface area contributed by atoms with Gasteiger partial charge >= 0.3 is 5.97 Å². The molecule has 2 heterocycles. The second-order valence-electron chi connectivity index (χ2n) is 6.83. The molecular formula is C21H20N2O6S. The van der Waals surface area contributed by atoms with E-state index < -0.39 is 16.0 Å². The van der Waals surface area contributed by atoms with E-state index in [0.29, 0.717) is 30.1 Å². The highest BCUT2D eigenvalue weighted by molar-refractivity contribution is 7.92. The van der Waals surface area contributed by atoms with Gasteiger partial charge in [0.1, 0.15) is 11.3 Å². The average molecular weight is 428 g/mol. The van der Waals surface area contributed by atoms with Crippen LogP contribution in [0.2, 0.25) is 0 Å². The summed E-state index contributed by atoms with van der Waals surface area (Å²) in [6.45, 7) is 1.97. The third-order valence-electron chi connectivity index (χ3n) is 4.85. The molecule has 1 aromatic heterocycles. The number of methoxy groups -OCH3 is 1. The zero-order valence-corrected chi connectivity index (χ0v) is 17.3. The van der Waals surface area contributed by atoms with E-state index >= 15 is 0 Å². The first kappa shape index (κ1) is 20.0. The number of fused-ring (bicyclic) bond motifs is 1. The van der Waals surface area contributed by atoms with Gasteiger partial charge in [0, 0.05) is 12.6 Å². The van der Waals surface area contributed by atoms with Crippen molar-refractivity contribution in [1.29, 1.82) is 0 Å². The number of para-hydroxylation sites is 1. The lowest BCUT2D eigenvalue weighted by Gasteiger charge is -2.20. The molecule has 2 aromatic carbocycles. The predicted molar refractivity (Wildman–Crippen MR) is 108 cm³/mol. The molecule has 3 aromatic rings. The second-order valence-corrected chi connectivity index (χ2v) is 8.69. The molecule has 0 saturated carbocycles. The molecule has 0 aliphatic carbocycles. The summed E-state index contributed by atoms with van der Waals surface area (Å²) in [6.07, 6.45) is 0.636. The minimum absolute atomic E-state index is 0.0116. The number of anilines is 1. The van der Waals surface area contributed by atoms with Crippen molar-refractivity contribution in [3.8, 4) is 5.75 Å².